The summed E-state index contributed by atoms with van der Waals surface area (Å²) in [6.45, 7) is 1.88. The topological polar surface area (TPSA) is 59.2 Å². The second-order valence-corrected chi connectivity index (χ2v) is 6.25. The first-order chi connectivity index (χ1) is 12.2. The van der Waals surface area contributed by atoms with E-state index < -0.39 is 6.10 Å². The van der Waals surface area contributed by atoms with Crippen LogP contribution < -0.4 is 9.47 Å². The fourth-order valence-electron chi connectivity index (χ4n) is 3.56. The maximum atomic E-state index is 10.7. The normalized spacial score (nSPS) is 17.5. The molecule has 0 bridgehead atoms. The summed E-state index contributed by atoms with van der Waals surface area (Å²) in [5, 5.41) is 10.7. The molecule has 0 spiro atoms. The summed E-state index contributed by atoms with van der Waals surface area (Å²) in [6, 6.07) is 9.68. The van der Waals surface area contributed by atoms with E-state index in [0.29, 0.717) is 25.4 Å². The SMILES string of the molecule is COc1ccc(OC)c2c1CN(Cc1cn3ccccc3n1)CC2O. The largest absolute Gasteiger partial charge is 0.496 e. The lowest BCUT2D eigenvalue weighted by atomic mass is 9.95. The van der Waals surface area contributed by atoms with Gasteiger partial charge in [-0.05, 0) is 24.3 Å². The molecule has 0 saturated carbocycles. The van der Waals surface area contributed by atoms with Crippen LogP contribution in [0.5, 0.6) is 11.5 Å². The summed E-state index contributed by atoms with van der Waals surface area (Å²) in [4.78, 5) is 6.83. The zero-order valence-corrected chi connectivity index (χ0v) is 14.3. The summed E-state index contributed by atoms with van der Waals surface area (Å²) in [5.74, 6) is 1.48. The van der Waals surface area contributed by atoms with Crippen molar-refractivity contribution in [1.82, 2.24) is 14.3 Å². The molecule has 1 aliphatic rings. The van der Waals surface area contributed by atoms with Crippen molar-refractivity contribution in [3.05, 3.63) is 59.5 Å². The van der Waals surface area contributed by atoms with Gasteiger partial charge in [0.25, 0.3) is 0 Å². The molecule has 3 aromatic rings. The Labute approximate surface area is 146 Å². The molecule has 0 fully saturated rings. The Kier molecular flexibility index (Phi) is 4.07. The van der Waals surface area contributed by atoms with Crippen molar-refractivity contribution >= 4 is 5.65 Å². The maximum absolute atomic E-state index is 10.7. The summed E-state index contributed by atoms with van der Waals surface area (Å²) in [7, 11) is 3.27. The Bertz CT molecular complexity index is 873. The third-order valence-electron chi connectivity index (χ3n) is 4.66. The van der Waals surface area contributed by atoms with Crippen LogP contribution in [-0.2, 0) is 13.1 Å². The first-order valence-corrected chi connectivity index (χ1v) is 8.26. The molecule has 1 aromatic carbocycles. The van der Waals surface area contributed by atoms with E-state index in [1.165, 1.54) is 0 Å². The Morgan fingerprint density at radius 2 is 1.96 bits per heavy atom. The number of aliphatic hydroxyl groups is 1. The van der Waals surface area contributed by atoms with Gasteiger partial charge in [0.1, 0.15) is 17.1 Å². The van der Waals surface area contributed by atoms with Gasteiger partial charge in [-0.2, -0.15) is 0 Å². The van der Waals surface area contributed by atoms with Crippen molar-refractivity contribution in [3.63, 3.8) is 0 Å². The molecule has 1 unspecified atom stereocenters. The molecule has 1 atom stereocenters. The van der Waals surface area contributed by atoms with Crippen LogP contribution in [0.4, 0.5) is 0 Å². The number of hydrogen-bond acceptors (Lipinski definition) is 5. The molecule has 0 amide bonds. The van der Waals surface area contributed by atoms with E-state index >= 15 is 0 Å². The standard InChI is InChI=1S/C19H21N3O3/c1-24-16-6-7-17(25-2)19-14(16)11-21(12-15(19)23)9-13-10-22-8-4-3-5-18(22)20-13/h3-8,10,15,23H,9,11-12H2,1-2H3. The van der Waals surface area contributed by atoms with E-state index in [1.54, 1.807) is 14.2 Å². The number of rotatable bonds is 4. The number of methoxy groups -OCH3 is 2. The van der Waals surface area contributed by atoms with Crippen LogP contribution in [0.3, 0.4) is 0 Å². The molecule has 25 heavy (non-hydrogen) atoms. The Hall–Kier alpha value is -2.57. The van der Waals surface area contributed by atoms with Crippen molar-refractivity contribution in [2.75, 3.05) is 20.8 Å². The molecule has 0 radical (unpaired) electrons. The molecule has 2 aromatic heterocycles. The van der Waals surface area contributed by atoms with Crippen molar-refractivity contribution < 1.29 is 14.6 Å². The van der Waals surface area contributed by atoms with Crippen LogP contribution in [0.25, 0.3) is 5.65 Å². The minimum Gasteiger partial charge on any atom is -0.496 e. The quantitative estimate of drug-likeness (QED) is 0.791. The highest BCUT2D eigenvalue weighted by Crippen LogP contribution is 2.39. The van der Waals surface area contributed by atoms with Gasteiger partial charge in [0.05, 0.1) is 26.0 Å². The fourth-order valence-corrected chi connectivity index (χ4v) is 3.56. The van der Waals surface area contributed by atoms with Gasteiger partial charge < -0.3 is 19.0 Å². The molecule has 1 aliphatic heterocycles. The average molecular weight is 339 g/mol. The second kappa shape index (κ2) is 6.38. The van der Waals surface area contributed by atoms with Gasteiger partial charge in [0.15, 0.2) is 0 Å². The molecule has 6 heteroatoms. The second-order valence-electron chi connectivity index (χ2n) is 6.25. The predicted octanol–water partition coefficient (Wildman–Crippen LogP) is 2.40. The minimum absolute atomic E-state index is 0.532. The van der Waals surface area contributed by atoms with Gasteiger partial charge in [0.2, 0.25) is 0 Å². The maximum Gasteiger partial charge on any atom is 0.137 e. The molecule has 0 saturated heterocycles. The zero-order chi connectivity index (χ0) is 17.4. The number of aromatic nitrogens is 2. The van der Waals surface area contributed by atoms with Crippen molar-refractivity contribution in [2.24, 2.45) is 0 Å². The number of ether oxygens (including phenoxy) is 2. The number of aliphatic hydroxyl groups excluding tert-OH is 1. The summed E-state index contributed by atoms with van der Waals surface area (Å²) < 4.78 is 12.9. The van der Waals surface area contributed by atoms with Crippen molar-refractivity contribution in [3.8, 4) is 11.5 Å². The minimum atomic E-state index is -0.620. The molecule has 4 rings (SSSR count). The lowest BCUT2D eigenvalue weighted by Crippen LogP contribution is -2.33. The highest BCUT2D eigenvalue weighted by atomic mass is 16.5. The third kappa shape index (κ3) is 2.83. The number of benzene rings is 1. The van der Waals surface area contributed by atoms with E-state index in [0.717, 1.165) is 28.2 Å². The van der Waals surface area contributed by atoms with Crippen LogP contribution in [0.1, 0.15) is 22.9 Å². The molecular weight excluding hydrogens is 318 g/mol. The first kappa shape index (κ1) is 15.9. The lowest BCUT2D eigenvalue weighted by Gasteiger charge is -2.33. The lowest BCUT2D eigenvalue weighted by molar-refractivity contribution is 0.0837. The predicted molar refractivity (Wildman–Crippen MR) is 93.8 cm³/mol. The van der Waals surface area contributed by atoms with E-state index in [4.69, 9.17) is 9.47 Å². The Morgan fingerprint density at radius 3 is 2.72 bits per heavy atom. The Balaban J connectivity index is 1.64. The van der Waals surface area contributed by atoms with Gasteiger partial charge >= 0.3 is 0 Å². The highest BCUT2D eigenvalue weighted by Gasteiger charge is 2.29. The number of nitrogens with zero attached hydrogens (tertiary/aromatic N) is 3. The van der Waals surface area contributed by atoms with Crippen LogP contribution in [-0.4, -0.2) is 40.2 Å². The van der Waals surface area contributed by atoms with Crippen LogP contribution in [0.2, 0.25) is 0 Å². The van der Waals surface area contributed by atoms with E-state index in [1.807, 2.05) is 47.1 Å². The van der Waals surface area contributed by atoms with E-state index in [2.05, 4.69) is 9.88 Å². The number of pyridine rings is 1. The molecule has 130 valence electrons. The average Bonchev–Trinajstić information content (AvgIpc) is 3.02. The fraction of sp³-hybridized carbons (Fsp3) is 0.316. The smallest absolute Gasteiger partial charge is 0.137 e. The molecule has 1 N–H and O–H groups in total. The summed E-state index contributed by atoms with van der Waals surface area (Å²) >= 11 is 0. The van der Waals surface area contributed by atoms with E-state index in [9.17, 15) is 5.11 Å². The molecule has 0 aliphatic carbocycles. The first-order valence-electron chi connectivity index (χ1n) is 8.26. The number of hydrogen-bond donors (Lipinski definition) is 1. The zero-order valence-electron chi connectivity index (χ0n) is 14.3. The monoisotopic (exact) mass is 339 g/mol. The summed E-state index contributed by atoms with van der Waals surface area (Å²) in [6.07, 6.45) is 3.39. The van der Waals surface area contributed by atoms with Gasteiger partial charge in [-0.3, -0.25) is 4.90 Å². The summed E-state index contributed by atoms with van der Waals surface area (Å²) in [5.41, 5.74) is 3.70. The van der Waals surface area contributed by atoms with Crippen LogP contribution in [0, 0.1) is 0 Å². The van der Waals surface area contributed by atoms with Crippen LogP contribution >= 0.6 is 0 Å². The third-order valence-corrected chi connectivity index (χ3v) is 4.66. The van der Waals surface area contributed by atoms with Gasteiger partial charge in [-0.15, -0.1) is 0 Å². The van der Waals surface area contributed by atoms with Crippen molar-refractivity contribution in [1.29, 1.82) is 0 Å². The van der Waals surface area contributed by atoms with Crippen molar-refractivity contribution in [2.45, 2.75) is 19.2 Å². The van der Waals surface area contributed by atoms with Gasteiger partial charge in [-0.25, -0.2) is 4.98 Å². The van der Waals surface area contributed by atoms with Gasteiger partial charge in [0, 0.05) is 43.2 Å². The molecular formula is C19H21N3O3. The highest BCUT2D eigenvalue weighted by molar-refractivity contribution is 5.51. The molecule has 6 nitrogen and oxygen atoms in total. The number of β-amino-alcohol motifs (C(OH)–C–C–N with tert-alkyl or cyclic N) is 1. The van der Waals surface area contributed by atoms with Crippen LogP contribution in [0.15, 0.2) is 42.7 Å². The number of fused-ring (bicyclic) bond motifs is 2. The molecule has 3 heterocycles. The number of imidazole rings is 1. The van der Waals surface area contributed by atoms with Gasteiger partial charge in [-0.1, -0.05) is 6.07 Å². The van der Waals surface area contributed by atoms with E-state index in [-0.39, 0.29) is 0 Å². The Morgan fingerprint density at radius 1 is 1.16 bits per heavy atom.